The van der Waals surface area contributed by atoms with E-state index in [1.54, 1.807) is 16.7 Å². The minimum atomic E-state index is -0.786. The van der Waals surface area contributed by atoms with Crippen molar-refractivity contribution in [1.82, 2.24) is 24.5 Å². The number of pyridine rings is 1. The van der Waals surface area contributed by atoms with Gasteiger partial charge in [-0.1, -0.05) is 0 Å². The third-order valence-corrected chi connectivity index (χ3v) is 3.03. The number of nitrogen functional groups attached to an aromatic ring is 1. The molecule has 9 heteroatoms. The molecule has 0 spiro atoms. The van der Waals surface area contributed by atoms with Crippen molar-refractivity contribution in [2.75, 3.05) is 5.73 Å². The van der Waals surface area contributed by atoms with Crippen molar-refractivity contribution >= 4 is 28.7 Å². The van der Waals surface area contributed by atoms with Gasteiger partial charge in [0.25, 0.3) is 5.91 Å². The molecule has 0 aliphatic rings. The van der Waals surface area contributed by atoms with Gasteiger partial charge in [0.1, 0.15) is 17.5 Å². The van der Waals surface area contributed by atoms with Gasteiger partial charge >= 0.3 is 0 Å². The number of fused-ring (bicyclic) bond motifs is 1. The molecule has 0 saturated heterocycles. The van der Waals surface area contributed by atoms with Gasteiger partial charge in [0.05, 0.1) is 5.69 Å². The van der Waals surface area contributed by atoms with Crippen molar-refractivity contribution in [3.63, 3.8) is 0 Å². The lowest BCUT2D eigenvalue weighted by atomic mass is 10.2. The Labute approximate surface area is 124 Å². The van der Waals surface area contributed by atoms with Crippen LogP contribution in [0, 0.1) is 0 Å². The van der Waals surface area contributed by atoms with Gasteiger partial charge in [0, 0.05) is 13.1 Å². The maximum atomic E-state index is 11.4. The van der Waals surface area contributed by atoms with E-state index in [-0.39, 0.29) is 23.1 Å². The van der Waals surface area contributed by atoms with Gasteiger partial charge < -0.3 is 11.5 Å². The largest absolute Gasteiger partial charge is 0.382 e. The van der Waals surface area contributed by atoms with E-state index in [9.17, 15) is 9.59 Å². The van der Waals surface area contributed by atoms with E-state index < -0.39 is 5.91 Å². The number of imidazole rings is 1. The smallest absolute Gasteiger partial charge is 0.286 e. The third-order valence-electron chi connectivity index (χ3n) is 3.03. The molecule has 4 N–H and O–H groups in total. The lowest BCUT2D eigenvalue weighted by Gasteiger charge is -2.06. The normalized spacial score (nSPS) is 10.8. The number of hydrogen-bond donors (Lipinski definition) is 2. The Kier molecular flexibility index (Phi) is 3.02. The zero-order valence-corrected chi connectivity index (χ0v) is 11.5. The van der Waals surface area contributed by atoms with Crippen LogP contribution in [0.25, 0.3) is 16.9 Å². The highest BCUT2D eigenvalue weighted by Crippen LogP contribution is 2.21. The summed E-state index contributed by atoms with van der Waals surface area (Å²) in [4.78, 5) is 38.5. The molecule has 0 aromatic carbocycles. The van der Waals surface area contributed by atoms with Crippen molar-refractivity contribution in [2.45, 2.75) is 6.92 Å². The predicted octanol–water partition coefficient (Wildman–Crippen LogP) is 0.0942. The average Bonchev–Trinajstić information content (AvgIpc) is 2.91. The second-order valence-electron chi connectivity index (χ2n) is 4.54. The van der Waals surface area contributed by atoms with Crippen molar-refractivity contribution < 1.29 is 9.59 Å². The van der Waals surface area contributed by atoms with Crippen molar-refractivity contribution in [2.24, 2.45) is 5.73 Å². The molecule has 0 fully saturated rings. The molecule has 1 amide bonds. The van der Waals surface area contributed by atoms with E-state index in [0.29, 0.717) is 16.9 Å². The van der Waals surface area contributed by atoms with Crippen LogP contribution in [0.4, 0.5) is 5.82 Å². The second-order valence-corrected chi connectivity index (χ2v) is 4.54. The molecular formula is C13H11N7O2. The highest BCUT2D eigenvalue weighted by molar-refractivity contribution is 5.94. The summed E-state index contributed by atoms with van der Waals surface area (Å²) in [6.45, 7) is 1.43. The molecular weight excluding hydrogens is 286 g/mol. The summed E-state index contributed by atoms with van der Waals surface area (Å²) in [6.07, 6.45) is 2.98. The lowest BCUT2D eigenvalue weighted by molar-refractivity contribution is 0.0987. The Morgan fingerprint density at radius 1 is 1.23 bits per heavy atom. The van der Waals surface area contributed by atoms with Crippen LogP contribution in [0.5, 0.6) is 0 Å². The van der Waals surface area contributed by atoms with Gasteiger partial charge in [-0.25, -0.2) is 15.0 Å². The molecule has 110 valence electrons. The molecule has 0 radical (unpaired) electrons. The Hall–Kier alpha value is -3.36. The first-order valence-corrected chi connectivity index (χ1v) is 6.25. The summed E-state index contributed by atoms with van der Waals surface area (Å²) in [7, 11) is 0. The minimum Gasteiger partial charge on any atom is -0.382 e. The van der Waals surface area contributed by atoms with Crippen LogP contribution < -0.4 is 11.5 Å². The summed E-state index contributed by atoms with van der Waals surface area (Å²) >= 11 is 0. The number of hydrogen-bond acceptors (Lipinski definition) is 7. The lowest BCUT2D eigenvalue weighted by Crippen LogP contribution is -2.16. The average molecular weight is 297 g/mol. The highest BCUT2D eigenvalue weighted by Gasteiger charge is 2.15. The number of nitrogens with zero attached hydrogens (tertiary/aromatic N) is 5. The summed E-state index contributed by atoms with van der Waals surface area (Å²) in [6, 6.07) is 3.29. The zero-order chi connectivity index (χ0) is 15.9. The van der Waals surface area contributed by atoms with E-state index in [0.717, 1.165) is 0 Å². The zero-order valence-electron chi connectivity index (χ0n) is 11.5. The van der Waals surface area contributed by atoms with Crippen LogP contribution in [-0.4, -0.2) is 36.2 Å². The van der Waals surface area contributed by atoms with E-state index in [1.165, 1.54) is 19.4 Å². The molecule has 0 bridgehead atoms. The molecule has 0 unspecified atom stereocenters. The summed E-state index contributed by atoms with van der Waals surface area (Å²) in [5.74, 6) is -1.08. The van der Waals surface area contributed by atoms with Crippen molar-refractivity contribution in [1.29, 1.82) is 0 Å². The van der Waals surface area contributed by atoms with E-state index in [4.69, 9.17) is 11.5 Å². The molecule has 0 aliphatic heterocycles. The van der Waals surface area contributed by atoms with Gasteiger partial charge in [0.15, 0.2) is 17.2 Å². The first-order valence-electron chi connectivity index (χ1n) is 6.25. The van der Waals surface area contributed by atoms with Gasteiger partial charge in [-0.2, -0.15) is 0 Å². The number of Topliss-reactive ketones (excluding diaryl/α,β-unsaturated/α-hetero) is 1. The van der Waals surface area contributed by atoms with Gasteiger partial charge in [-0.15, -0.1) is 0 Å². The topological polar surface area (TPSA) is 143 Å². The van der Waals surface area contributed by atoms with Crippen molar-refractivity contribution in [3.8, 4) is 5.69 Å². The maximum absolute atomic E-state index is 11.4. The highest BCUT2D eigenvalue weighted by atomic mass is 16.1. The number of aromatic nitrogens is 5. The van der Waals surface area contributed by atoms with Crippen LogP contribution in [0.1, 0.15) is 28.0 Å². The fraction of sp³-hybridized carbons (Fsp3) is 0.0769. The van der Waals surface area contributed by atoms with Crippen molar-refractivity contribution in [3.05, 3.63) is 36.2 Å². The fourth-order valence-electron chi connectivity index (χ4n) is 2.02. The van der Waals surface area contributed by atoms with Crippen LogP contribution in [0.15, 0.2) is 24.7 Å². The van der Waals surface area contributed by atoms with E-state index >= 15 is 0 Å². The Morgan fingerprint density at radius 3 is 2.68 bits per heavy atom. The van der Waals surface area contributed by atoms with E-state index in [1.807, 2.05) is 0 Å². The number of rotatable bonds is 3. The molecule has 3 rings (SSSR count). The van der Waals surface area contributed by atoms with Gasteiger partial charge in [0.2, 0.25) is 5.82 Å². The summed E-state index contributed by atoms with van der Waals surface area (Å²) in [5.41, 5.74) is 12.6. The number of carbonyl (C=O) groups excluding carboxylic acids is 2. The molecule has 0 atom stereocenters. The first-order chi connectivity index (χ1) is 10.5. The Balaban J connectivity index is 2.22. The molecule has 22 heavy (non-hydrogen) atoms. The van der Waals surface area contributed by atoms with Crippen LogP contribution >= 0.6 is 0 Å². The number of ketones is 1. The monoisotopic (exact) mass is 297 g/mol. The Bertz CT molecular complexity index is 916. The third kappa shape index (κ3) is 2.14. The van der Waals surface area contributed by atoms with Gasteiger partial charge in [-0.3, -0.25) is 19.1 Å². The number of primary amides is 1. The first kappa shape index (κ1) is 13.6. The SMILES string of the molecule is CC(=O)c1cc(-n2cnc3nc(C(N)=O)nc(N)c32)ccn1. The minimum absolute atomic E-state index is 0.0671. The quantitative estimate of drug-likeness (QED) is 0.652. The van der Waals surface area contributed by atoms with Crippen LogP contribution in [0.2, 0.25) is 0 Å². The summed E-state index contributed by atoms with van der Waals surface area (Å²) < 4.78 is 1.61. The number of nitrogens with two attached hydrogens (primary N) is 2. The molecule has 0 aliphatic carbocycles. The molecule has 3 heterocycles. The number of carbonyl (C=O) groups is 2. The number of anilines is 1. The van der Waals surface area contributed by atoms with Crippen LogP contribution in [0.3, 0.4) is 0 Å². The van der Waals surface area contributed by atoms with Gasteiger partial charge in [-0.05, 0) is 12.1 Å². The molecule has 3 aromatic heterocycles. The fourth-order valence-corrected chi connectivity index (χ4v) is 2.02. The second kappa shape index (κ2) is 4.88. The predicted molar refractivity (Wildman–Crippen MR) is 77.4 cm³/mol. The van der Waals surface area contributed by atoms with Crippen LogP contribution in [-0.2, 0) is 0 Å². The summed E-state index contributed by atoms with van der Waals surface area (Å²) in [5, 5.41) is 0. The number of amides is 1. The maximum Gasteiger partial charge on any atom is 0.286 e. The molecule has 3 aromatic rings. The standard InChI is InChI=1S/C13H11N7O2/c1-6(21)8-4-7(2-3-16-8)20-5-17-12-9(20)10(14)18-13(19-12)11(15)22/h2-5H,1H3,(H2,15,22)(H2,14,18,19). The van der Waals surface area contributed by atoms with E-state index in [2.05, 4.69) is 19.9 Å². The Morgan fingerprint density at radius 2 is 2.00 bits per heavy atom. The molecule has 0 saturated carbocycles. The molecule has 9 nitrogen and oxygen atoms in total.